The van der Waals surface area contributed by atoms with Gasteiger partial charge in [-0.25, -0.2) is 0 Å². The van der Waals surface area contributed by atoms with Crippen molar-refractivity contribution in [3.63, 3.8) is 0 Å². The summed E-state index contributed by atoms with van der Waals surface area (Å²) < 4.78 is 0. The Morgan fingerprint density at radius 3 is 1.00 bits per heavy atom. The molecular weight excluding hydrogens is 625 g/mol. The van der Waals surface area contributed by atoms with Crippen LogP contribution in [-0.4, -0.2) is 155 Å². The van der Waals surface area contributed by atoms with Gasteiger partial charge in [0.1, 0.15) is 0 Å². The van der Waals surface area contributed by atoms with Gasteiger partial charge in [0.25, 0.3) is 0 Å². The second-order valence-electron chi connectivity index (χ2n) is 0. The SMILES string of the molecule is [AlH3].[BiH3].[GaH3].[InH3].[LiH].[MgH2].[Mn].[SnH2]. The molecule has 0 aliphatic heterocycles. The molecule has 0 aromatic rings. The summed E-state index contributed by atoms with van der Waals surface area (Å²) in [5, 5.41) is 0. The summed E-state index contributed by atoms with van der Waals surface area (Å²) in [5.41, 5.74) is 0. The zero-order chi connectivity index (χ0) is 0. The van der Waals surface area contributed by atoms with Crippen LogP contribution in [-0.2, 0) is 17.1 Å². The molecule has 0 aromatic carbocycles. The first kappa shape index (κ1) is 68.8. The van der Waals surface area contributed by atoms with E-state index in [0.29, 0.717) is 0 Å². The van der Waals surface area contributed by atoms with E-state index in [1.165, 1.54) is 0 Å². The van der Waals surface area contributed by atoms with Crippen molar-refractivity contribution >= 4 is 155 Å². The van der Waals surface area contributed by atoms with Gasteiger partial charge in [0.15, 0.2) is 17.4 Å². The van der Waals surface area contributed by atoms with Gasteiger partial charge >= 0.3 is 138 Å². The Balaban J connectivity index is 0. The molecule has 0 saturated carbocycles. The Morgan fingerprint density at radius 1 is 1.00 bits per heavy atom. The van der Waals surface area contributed by atoms with Crippen molar-refractivity contribution in [1.82, 2.24) is 0 Å². The molecule has 0 rings (SSSR count). The zero-order valence-electron chi connectivity index (χ0n) is 1.79. The van der Waals surface area contributed by atoms with Crippen LogP contribution in [0.15, 0.2) is 0 Å². The van der Waals surface area contributed by atoms with Gasteiger partial charge < -0.3 is 0 Å². The van der Waals surface area contributed by atoms with Crippen molar-refractivity contribution in [1.29, 1.82) is 0 Å². The van der Waals surface area contributed by atoms with Gasteiger partial charge in [0.2, 0.25) is 0 Å². The third-order valence-corrected chi connectivity index (χ3v) is 0. The summed E-state index contributed by atoms with van der Waals surface area (Å²) in [4.78, 5) is 0. The van der Waals surface area contributed by atoms with Gasteiger partial charge in [0, 0.05) is 17.1 Å². The van der Waals surface area contributed by atoms with Gasteiger partial charge in [-0.15, -0.1) is 0 Å². The Morgan fingerprint density at radius 2 is 1.00 bits per heavy atom. The minimum absolute atomic E-state index is 0. The van der Waals surface area contributed by atoms with Crippen LogP contribution in [0, 0.1) is 0 Å². The van der Waals surface area contributed by atoms with Gasteiger partial charge in [-0.1, -0.05) is 0 Å². The van der Waals surface area contributed by atoms with E-state index in [2.05, 4.69) is 0 Å². The van der Waals surface area contributed by atoms with E-state index in [0.717, 1.165) is 0 Å². The van der Waals surface area contributed by atoms with E-state index < -0.39 is 0 Å². The van der Waals surface area contributed by atoms with Crippen LogP contribution in [0.25, 0.3) is 0 Å². The summed E-state index contributed by atoms with van der Waals surface area (Å²) in [6.07, 6.45) is 0. The Bertz CT molecular complexity index is 24.0. The quantitative estimate of drug-likeness (QED) is 0.231. The van der Waals surface area contributed by atoms with Crippen molar-refractivity contribution in [3.8, 4) is 0 Å². The fourth-order valence-electron chi connectivity index (χ4n) is 0. The van der Waals surface area contributed by atoms with Crippen LogP contribution in [0.1, 0.15) is 0 Å². The van der Waals surface area contributed by atoms with Crippen LogP contribution in [0.4, 0.5) is 0 Å². The third-order valence-electron chi connectivity index (χ3n) is 0. The monoisotopic (exact) mass is 643 g/mol. The van der Waals surface area contributed by atoms with E-state index in [4.69, 9.17) is 0 Å². The van der Waals surface area contributed by atoms with E-state index in [1.54, 1.807) is 0 Å². The van der Waals surface area contributed by atoms with Gasteiger partial charge in [-0.05, 0) is 0 Å². The van der Waals surface area contributed by atoms with E-state index in [-0.39, 0.29) is 172 Å². The normalized spacial score (nSPS) is 0. The molecule has 0 spiro atoms. The number of hydrogen-bond acceptors (Lipinski definition) is 0. The molecule has 0 heterocycles. The topological polar surface area (TPSA) is 0 Å². The van der Waals surface area contributed by atoms with Crippen LogP contribution in [0.5, 0.6) is 0 Å². The first-order valence-corrected chi connectivity index (χ1v) is 0. The molecule has 0 aliphatic rings. The zero-order valence-corrected chi connectivity index (χ0v) is 12.5. The summed E-state index contributed by atoms with van der Waals surface area (Å²) in [5.74, 6) is 0. The fourth-order valence-corrected chi connectivity index (χ4v) is 0. The predicted molar refractivity (Wildman–Crippen MR) is 64.0 cm³/mol. The molecule has 0 fully saturated rings. The minimum atomic E-state index is 0. The predicted octanol–water partition coefficient (Wildman–Crippen LogP) is -7.22. The standard InChI is InChI=1S/Al.Bi.Ga.In.Li.Mg.Mn.Sn.17H. The summed E-state index contributed by atoms with van der Waals surface area (Å²) in [7, 11) is 0. The average Bonchev–Trinajstić information content (AvgIpc) is 0. The molecule has 0 nitrogen and oxygen atoms in total. The number of hydrogen-bond donors (Lipinski definition) is 0. The summed E-state index contributed by atoms with van der Waals surface area (Å²) in [6.45, 7) is 0. The molecule has 0 aromatic heterocycles. The molecule has 3 radical (unpaired) electrons. The molecule has 0 amide bonds. The molecular formula is H17AlBiGaInLiMgMnSn. The van der Waals surface area contributed by atoms with Crippen LogP contribution in [0.3, 0.4) is 0 Å². The fraction of sp³-hybridized carbons (Fsp3) is 0. The molecule has 0 N–H and O–H groups in total. The van der Waals surface area contributed by atoms with Crippen molar-refractivity contribution in [2.75, 3.05) is 0 Å². The van der Waals surface area contributed by atoms with Gasteiger partial charge in [-0.3, -0.25) is 0 Å². The van der Waals surface area contributed by atoms with Crippen molar-refractivity contribution in [2.24, 2.45) is 0 Å². The Kier molecular flexibility index (Phi) is 465. The first-order chi connectivity index (χ1) is 0. The van der Waals surface area contributed by atoms with Crippen molar-refractivity contribution in [2.45, 2.75) is 0 Å². The Hall–Kier alpha value is 5.60. The van der Waals surface area contributed by atoms with Gasteiger partial charge in [0.05, 0.1) is 0 Å². The number of rotatable bonds is 0. The van der Waals surface area contributed by atoms with Gasteiger partial charge in [-0.2, -0.15) is 0 Å². The first-order valence-electron chi connectivity index (χ1n) is 0. The molecule has 0 bridgehead atoms. The molecule has 0 unspecified atom stereocenters. The Labute approximate surface area is 168 Å². The van der Waals surface area contributed by atoms with Crippen LogP contribution >= 0.6 is 0 Å². The van der Waals surface area contributed by atoms with E-state index in [1.807, 2.05) is 0 Å². The molecule has 8 heteroatoms. The summed E-state index contributed by atoms with van der Waals surface area (Å²) >= 11 is 0. The van der Waals surface area contributed by atoms with E-state index >= 15 is 0 Å². The second kappa shape index (κ2) is 54.0. The molecule has 45 valence electrons. The average molecular weight is 643 g/mol. The maximum atomic E-state index is 0. The van der Waals surface area contributed by atoms with Crippen LogP contribution in [0.2, 0.25) is 0 Å². The van der Waals surface area contributed by atoms with Crippen LogP contribution < -0.4 is 0 Å². The second-order valence-corrected chi connectivity index (χ2v) is 0. The maximum absolute atomic E-state index is 0. The van der Waals surface area contributed by atoms with Crippen molar-refractivity contribution in [3.05, 3.63) is 0 Å². The van der Waals surface area contributed by atoms with Crippen molar-refractivity contribution < 1.29 is 17.1 Å². The molecule has 0 aliphatic carbocycles. The summed E-state index contributed by atoms with van der Waals surface area (Å²) in [6, 6.07) is 0. The molecule has 0 saturated heterocycles. The van der Waals surface area contributed by atoms with E-state index in [9.17, 15) is 0 Å². The molecule has 8 heavy (non-hydrogen) atoms. The third kappa shape index (κ3) is 41.5. The molecule has 0 atom stereocenters.